The van der Waals surface area contributed by atoms with Crippen LogP contribution in [0.1, 0.15) is 30.0 Å². The van der Waals surface area contributed by atoms with Crippen LogP contribution in [0.2, 0.25) is 0 Å². The summed E-state index contributed by atoms with van der Waals surface area (Å²) in [6.45, 7) is 1.98. The molecule has 23 heavy (non-hydrogen) atoms. The molecule has 0 aliphatic heterocycles. The Morgan fingerprint density at radius 1 is 0.739 bits per heavy atom. The van der Waals surface area contributed by atoms with Gasteiger partial charge in [-0.25, -0.2) is 0 Å². The molecule has 132 valence electrons. The van der Waals surface area contributed by atoms with E-state index in [-0.39, 0.29) is 5.56 Å². The van der Waals surface area contributed by atoms with Crippen LogP contribution in [0.3, 0.4) is 0 Å². The van der Waals surface area contributed by atoms with Gasteiger partial charge >= 0.3 is 0 Å². The van der Waals surface area contributed by atoms with Gasteiger partial charge in [0.1, 0.15) is 0 Å². The first-order valence-corrected chi connectivity index (χ1v) is 9.97. The predicted molar refractivity (Wildman–Crippen MR) is 108 cm³/mol. The van der Waals surface area contributed by atoms with Crippen LogP contribution in [0.15, 0.2) is 18.2 Å². The number of halogens is 10. The van der Waals surface area contributed by atoms with Crippen LogP contribution in [-0.4, -0.2) is 7.59 Å². The molecule has 0 saturated carbocycles. The first-order chi connectivity index (χ1) is 10.2. The highest BCUT2D eigenvalue weighted by atomic mass is 35.6. The van der Waals surface area contributed by atoms with E-state index in [0.29, 0.717) is 12.0 Å². The molecule has 0 aliphatic rings. The van der Waals surface area contributed by atoms with E-state index >= 15 is 0 Å². The third-order valence-corrected chi connectivity index (χ3v) is 7.88. The topological polar surface area (TPSA) is 0 Å². The fourth-order valence-electron chi connectivity index (χ4n) is 1.87. The van der Waals surface area contributed by atoms with Crippen LogP contribution < -0.4 is 0 Å². The van der Waals surface area contributed by atoms with Gasteiger partial charge in [-0.05, 0) is 29.2 Å². The maximum Gasteiger partial charge on any atom is 0.227 e. The molecule has 10 heteroatoms. The molecule has 0 unspecified atom stereocenters. The second-order valence-corrected chi connectivity index (χ2v) is 12.0. The van der Waals surface area contributed by atoms with E-state index in [2.05, 4.69) is 0 Å². The Bertz CT molecular complexity index is 553. The normalized spacial score (nSPS) is 14.2. The highest BCUT2D eigenvalue weighted by Crippen LogP contribution is 2.57. The van der Waals surface area contributed by atoms with Gasteiger partial charge in [-0.2, -0.15) is 0 Å². The standard InChI is InChI=1S/C13H10Cl10/c1-2-3-7-4-5-8(10(14,15)12(18,19)20)6-9(7)11(16,17)13(21,22)23/h4-6H,2-3H2,1H3. The third kappa shape index (κ3) is 5.10. The average Bonchev–Trinajstić information content (AvgIpc) is 2.36. The van der Waals surface area contributed by atoms with Crippen molar-refractivity contribution in [1.82, 2.24) is 0 Å². The molecule has 0 heterocycles. The van der Waals surface area contributed by atoms with Gasteiger partial charge < -0.3 is 0 Å². The molecule has 0 bridgehead atoms. The van der Waals surface area contributed by atoms with Gasteiger partial charge in [-0.1, -0.05) is 141 Å². The molecular formula is C13H10Cl10. The molecule has 1 aromatic rings. The number of hydrogen-bond donors (Lipinski definition) is 0. The van der Waals surface area contributed by atoms with Crippen molar-refractivity contribution < 1.29 is 0 Å². The lowest BCUT2D eigenvalue weighted by Gasteiger charge is -2.33. The summed E-state index contributed by atoms with van der Waals surface area (Å²) < 4.78 is -7.70. The quantitative estimate of drug-likeness (QED) is 0.349. The van der Waals surface area contributed by atoms with Gasteiger partial charge in [0, 0.05) is 0 Å². The third-order valence-electron chi connectivity index (χ3n) is 3.04. The lowest BCUT2D eigenvalue weighted by atomic mass is 9.96. The molecule has 0 nitrogen and oxygen atoms in total. The van der Waals surface area contributed by atoms with E-state index in [4.69, 9.17) is 116 Å². The minimum absolute atomic E-state index is 0.260. The smallest absolute Gasteiger partial charge is 0.0915 e. The van der Waals surface area contributed by atoms with E-state index in [9.17, 15) is 0 Å². The van der Waals surface area contributed by atoms with Gasteiger partial charge in [0.15, 0.2) is 8.67 Å². The van der Waals surface area contributed by atoms with E-state index in [1.54, 1.807) is 12.1 Å². The molecule has 0 atom stereocenters. The first kappa shape index (κ1) is 23.2. The molecule has 1 aromatic carbocycles. The summed E-state index contributed by atoms with van der Waals surface area (Å²) in [7, 11) is 0. The molecule has 0 radical (unpaired) electrons. The molecule has 0 spiro atoms. The SMILES string of the molecule is CCCc1ccc(C(Cl)(Cl)C(Cl)(Cl)Cl)cc1C(Cl)(Cl)C(Cl)(Cl)Cl. The Hall–Kier alpha value is 2.12. The van der Waals surface area contributed by atoms with Gasteiger partial charge in [0.2, 0.25) is 7.59 Å². The van der Waals surface area contributed by atoms with Crippen LogP contribution >= 0.6 is 116 Å². The summed E-state index contributed by atoms with van der Waals surface area (Å²) in [5.74, 6) is 0. The van der Waals surface area contributed by atoms with Crippen LogP contribution in [0.4, 0.5) is 0 Å². The van der Waals surface area contributed by atoms with Crippen molar-refractivity contribution in [3.05, 3.63) is 34.9 Å². The lowest BCUT2D eigenvalue weighted by Crippen LogP contribution is -2.32. The van der Waals surface area contributed by atoms with Crippen molar-refractivity contribution >= 4 is 116 Å². The number of aryl methyl sites for hydroxylation is 1. The van der Waals surface area contributed by atoms with Crippen molar-refractivity contribution in [2.45, 2.75) is 36.0 Å². The number of rotatable bonds is 4. The molecule has 0 saturated heterocycles. The lowest BCUT2D eigenvalue weighted by molar-refractivity contribution is 0.811. The molecule has 0 aliphatic carbocycles. The van der Waals surface area contributed by atoms with Crippen LogP contribution in [-0.2, 0) is 15.1 Å². The number of benzene rings is 1. The number of hydrogen-bond acceptors (Lipinski definition) is 0. The van der Waals surface area contributed by atoms with Crippen LogP contribution in [0, 0.1) is 0 Å². The van der Waals surface area contributed by atoms with Crippen LogP contribution in [0.5, 0.6) is 0 Å². The molecule has 1 rings (SSSR count). The van der Waals surface area contributed by atoms with E-state index in [1.165, 1.54) is 6.07 Å². The maximum absolute atomic E-state index is 6.30. The fourth-order valence-corrected chi connectivity index (χ4v) is 3.09. The zero-order chi connectivity index (χ0) is 18.3. The maximum atomic E-state index is 6.30. The molecule has 0 aromatic heterocycles. The molecule has 0 amide bonds. The Morgan fingerprint density at radius 3 is 1.61 bits per heavy atom. The van der Waals surface area contributed by atoms with Gasteiger partial charge in [0.05, 0.1) is 0 Å². The Balaban J connectivity index is 3.58. The summed E-state index contributed by atoms with van der Waals surface area (Å²) in [4.78, 5) is 0. The highest BCUT2D eigenvalue weighted by Gasteiger charge is 2.51. The number of alkyl halides is 10. The zero-order valence-electron chi connectivity index (χ0n) is 11.4. The predicted octanol–water partition coefficient (Wildman–Crippen LogP) is 8.64. The van der Waals surface area contributed by atoms with Crippen molar-refractivity contribution in [3.8, 4) is 0 Å². The van der Waals surface area contributed by atoms with Crippen molar-refractivity contribution in [2.24, 2.45) is 0 Å². The fraction of sp³-hybridized carbons (Fsp3) is 0.538. The van der Waals surface area contributed by atoms with Crippen molar-refractivity contribution in [1.29, 1.82) is 0 Å². The zero-order valence-corrected chi connectivity index (χ0v) is 19.0. The summed E-state index contributed by atoms with van der Waals surface area (Å²) in [5.41, 5.74) is 1.36. The summed E-state index contributed by atoms with van der Waals surface area (Å²) in [5, 5.41) is 0. The first-order valence-electron chi connectivity index (χ1n) is 6.19. The summed E-state index contributed by atoms with van der Waals surface area (Å²) >= 11 is 60.2. The van der Waals surface area contributed by atoms with Crippen LogP contribution in [0.25, 0.3) is 0 Å². The molecule has 0 N–H and O–H groups in total. The van der Waals surface area contributed by atoms with E-state index in [1.807, 2.05) is 6.92 Å². The minimum atomic E-state index is -2.00. The van der Waals surface area contributed by atoms with E-state index < -0.39 is 16.3 Å². The van der Waals surface area contributed by atoms with E-state index in [0.717, 1.165) is 12.0 Å². The monoisotopic (exact) mass is 516 g/mol. The second kappa shape index (κ2) is 8.01. The van der Waals surface area contributed by atoms with Crippen molar-refractivity contribution in [3.63, 3.8) is 0 Å². The van der Waals surface area contributed by atoms with Gasteiger partial charge in [-0.3, -0.25) is 0 Å². The largest absolute Gasteiger partial charge is 0.227 e. The Labute approximate surface area is 185 Å². The summed E-state index contributed by atoms with van der Waals surface area (Å²) in [6, 6.07) is 4.80. The Kier molecular flexibility index (Phi) is 8.07. The van der Waals surface area contributed by atoms with Gasteiger partial charge in [-0.15, -0.1) is 0 Å². The minimum Gasteiger partial charge on any atom is -0.0915 e. The molecular weight excluding hydrogens is 511 g/mol. The highest BCUT2D eigenvalue weighted by molar-refractivity contribution is 6.76. The summed E-state index contributed by atoms with van der Waals surface area (Å²) in [6.07, 6.45) is 1.45. The Morgan fingerprint density at radius 2 is 1.22 bits per heavy atom. The average molecular weight is 521 g/mol. The van der Waals surface area contributed by atoms with Crippen molar-refractivity contribution in [2.75, 3.05) is 0 Å². The molecule has 0 fully saturated rings. The second-order valence-electron chi connectivity index (χ2n) is 4.77. The van der Waals surface area contributed by atoms with Gasteiger partial charge in [0.25, 0.3) is 0 Å².